The van der Waals surface area contributed by atoms with E-state index in [1.165, 1.54) is 31.2 Å². The van der Waals surface area contributed by atoms with Crippen LogP contribution in [-0.2, 0) is 0 Å². The van der Waals surface area contributed by atoms with E-state index in [0.29, 0.717) is 17.9 Å². The van der Waals surface area contributed by atoms with Gasteiger partial charge in [0.25, 0.3) is 0 Å². The summed E-state index contributed by atoms with van der Waals surface area (Å²) in [4.78, 5) is 2.24. The largest absolute Gasteiger partial charge is 0.411 e. The maximum Gasteiger partial charge on any atom is 0.123 e. The highest BCUT2D eigenvalue weighted by Gasteiger charge is 2.29. The first kappa shape index (κ1) is 16.0. The summed E-state index contributed by atoms with van der Waals surface area (Å²) in [5, 5.41) is 11.6. The normalized spacial score (nSPS) is 24.6. The van der Waals surface area contributed by atoms with Crippen molar-refractivity contribution in [1.29, 1.82) is 0 Å². The van der Waals surface area contributed by atoms with Crippen LogP contribution in [0.5, 0.6) is 0 Å². The predicted octanol–water partition coefficient (Wildman–Crippen LogP) is 4.08. The van der Waals surface area contributed by atoms with Gasteiger partial charge in [0.15, 0.2) is 0 Å². The number of oxime groups is 1. The fraction of sp³-hybridized carbons (Fsp3) is 0.588. The van der Waals surface area contributed by atoms with Gasteiger partial charge in [0.05, 0.1) is 0 Å². The van der Waals surface area contributed by atoms with Crippen LogP contribution in [0.2, 0.25) is 0 Å². The predicted molar refractivity (Wildman–Crippen MR) is 83.2 cm³/mol. The van der Waals surface area contributed by atoms with Crippen molar-refractivity contribution in [2.75, 3.05) is 14.1 Å². The lowest BCUT2D eigenvalue weighted by Gasteiger charge is -2.37. The zero-order valence-corrected chi connectivity index (χ0v) is 12.9. The van der Waals surface area contributed by atoms with Crippen molar-refractivity contribution in [2.45, 2.75) is 38.1 Å². The van der Waals surface area contributed by atoms with Crippen LogP contribution < -0.4 is 0 Å². The van der Waals surface area contributed by atoms with Crippen LogP contribution in [0.25, 0.3) is 0 Å². The Morgan fingerprint density at radius 1 is 1.24 bits per heavy atom. The van der Waals surface area contributed by atoms with Crippen molar-refractivity contribution < 1.29 is 9.60 Å². The smallest absolute Gasteiger partial charge is 0.123 e. The molecule has 1 N–H and O–H groups in total. The summed E-state index contributed by atoms with van der Waals surface area (Å²) in [7, 11) is 4.19. The van der Waals surface area contributed by atoms with Crippen LogP contribution >= 0.6 is 0 Å². The van der Waals surface area contributed by atoms with Crippen LogP contribution in [0.3, 0.4) is 0 Å². The topological polar surface area (TPSA) is 35.8 Å². The minimum Gasteiger partial charge on any atom is -0.411 e. The minimum absolute atomic E-state index is 0.178. The number of nitrogens with zero attached hydrogens (tertiary/aromatic N) is 2. The van der Waals surface area contributed by atoms with E-state index in [0.717, 1.165) is 6.42 Å². The second kappa shape index (κ2) is 7.55. The number of hydrogen-bond acceptors (Lipinski definition) is 3. The molecule has 1 saturated carbocycles. The average molecular weight is 292 g/mol. The second-order valence-electron chi connectivity index (χ2n) is 6.27. The summed E-state index contributed by atoms with van der Waals surface area (Å²) >= 11 is 0. The Balaban J connectivity index is 2.02. The summed E-state index contributed by atoms with van der Waals surface area (Å²) in [6.07, 6.45) is 7.15. The lowest BCUT2D eigenvalue weighted by Crippen LogP contribution is -2.30. The SMILES string of the molecule is CN(C)C(c1ccc(F)cc1)C1CCC(C/C=N/O)CC1. The monoisotopic (exact) mass is 292 g/mol. The van der Waals surface area contributed by atoms with Gasteiger partial charge in [0.2, 0.25) is 0 Å². The molecule has 1 aromatic carbocycles. The molecule has 21 heavy (non-hydrogen) atoms. The Hall–Kier alpha value is -1.42. The summed E-state index contributed by atoms with van der Waals surface area (Å²) in [5.41, 5.74) is 1.20. The second-order valence-corrected chi connectivity index (χ2v) is 6.27. The molecule has 0 spiro atoms. The first-order chi connectivity index (χ1) is 10.1. The molecule has 116 valence electrons. The zero-order chi connectivity index (χ0) is 15.2. The molecule has 1 atom stereocenters. The first-order valence-corrected chi connectivity index (χ1v) is 7.69. The molecule has 1 aliphatic carbocycles. The Bertz CT molecular complexity index is 450. The van der Waals surface area contributed by atoms with Crippen LogP contribution in [0.15, 0.2) is 29.4 Å². The highest BCUT2D eigenvalue weighted by Crippen LogP contribution is 2.39. The molecule has 0 aromatic heterocycles. The Kier molecular flexibility index (Phi) is 5.74. The molecule has 0 heterocycles. The van der Waals surface area contributed by atoms with E-state index in [1.54, 1.807) is 18.3 Å². The van der Waals surface area contributed by atoms with Gasteiger partial charge in [0, 0.05) is 12.3 Å². The molecular formula is C17H25FN2O. The Morgan fingerprint density at radius 3 is 2.38 bits per heavy atom. The number of halogens is 1. The van der Waals surface area contributed by atoms with Gasteiger partial charge in [-0.15, -0.1) is 5.16 Å². The van der Waals surface area contributed by atoms with E-state index >= 15 is 0 Å². The molecule has 1 aromatic rings. The molecule has 0 bridgehead atoms. The van der Waals surface area contributed by atoms with Crippen molar-refractivity contribution in [2.24, 2.45) is 17.0 Å². The standard InChI is InChI=1S/C17H25FN2O/c1-20(2)17(15-7-9-16(18)10-8-15)14-5-3-13(4-6-14)11-12-19-21/h7-10,12-14,17,21H,3-6,11H2,1-2H3/b19-12+. The number of hydrogen-bond donors (Lipinski definition) is 1. The van der Waals surface area contributed by atoms with Crippen LogP contribution in [-0.4, -0.2) is 30.4 Å². The van der Waals surface area contributed by atoms with Crippen molar-refractivity contribution in [1.82, 2.24) is 4.90 Å². The molecule has 4 heteroatoms. The van der Waals surface area contributed by atoms with Gasteiger partial charge in [-0.25, -0.2) is 4.39 Å². The maximum atomic E-state index is 13.1. The minimum atomic E-state index is -0.178. The van der Waals surface area contributed by atoms with Gasteiger partial charge in [0.1, 0.15) is 5.82 Å². The maximum absolute atomic E-state index is 13.1. The summed E-state index contributed by atoms with van der Waals surface area (Å²) in [6.45, 7) is 0. The highest BCUT2D eigenvalue weighted by atomic mass is 19.1. The number of benzene rings is 1. The quantitative estimate of drug-likeness (QED) is 0.504. The first-order valence-electron chi connectivity index (χ1n) is 7.69. The third-order valence-electron chi connectivity index (χ3n) is 4.63. The Labute approximate surface area is 126 Å². The number of rotatable bonds is 5. The third kappa shape index (κ3) is 4.27. The van der Waals surface area contributed by atoms with Crippen LogP contribution in [0.1, 0.15) is 43.7 Å². The fourth-order valence-corrected chi connectivity index (χ4v) is 3.59. The highest BCUT2D eigenvalue weighted by molar-refractivity contribution is 5.56. The molecule has 0 saturated heterocycles. The molecule has 2 rings (SSSR count). The zero-order valence-electron chi connectivity index (χ0n) is 12.9. The van der Waals surface area contributed by atoms with Crippen molar-refractivity contribution in [3.63, 3.8) is 0 Å². The lowest BCUT2D eigenvalue weighted by atomic mass is 9.75. The fourth-order valence-electron chi connectivity index (χ4n) is 3.59. The van der Waals surface area contributed by atoms with Gasteiger partial charge < -0.3 is 10.1 Å². The van der Waals surface area contributed by atoms with Crippen molar-refractivity contribution in [3.05, 3.63) is 35.6 Å². The molecule has 0 radical (unpaired) electrons. The van der Waals surface area contributed by atoms with Gasteiger partial charge in [-0.3, -0.25) is 0 Å². The molecule has 0 aliphatic heterocycles. The van der Waals surface area contributed by atoms with Crippen LogP contribution in [0, 0.1) is 17.7 Å². The van der Waals surface area contributed by atoms with E-state index in [2.05, 4.69) is 24.2 Å². The van der Waals surface area contributed by atoms with E-state index in [9.17, 15) is 4.39 Å². The van der Waals surface area contributed by atoms with Gasteiger partial charge in [-0.05, 0) is 75.7 Å². The van der Waals surface area contributed by atoms with Gasteiger partial charge in [-0.2, -0.15) is 0 Å². The van der Waals surface area contributed by atoms with E-state index in [1.807, 2.05) is 12.1 Å². The summed E-state index contributed by atoms with van der Waals surface area (Å²) in [5.74, 6) is 1.06. The van der Waals surface area contributed by atoms with E-state index in [4.69, 9.17) is 5.21 Å². The molecule has 3 nitrogen and oxygen atoms in total. The molecule has 0 amide bonds. The van der Waals surface area contributed by atoms with Crippen molar-refractivity contribution in [3.8, 4) is 0 Å². The van der Waals surface area contributed by atoms with Crippen molar-refractivity contribution >= 4 is 6.21 Å². The van der Waals surface area contributed by atoms with Gasteiger partial charge >= 0.3 is 0 Å². The third-order valence-corrected chi connectivity index (χ3v) is 4.63. The van der Waals surface area contributed by atoms with Crippen LogP contribution in [0.4, 0.5) is 4.39 Å². The molecule has 1 aliphatic rings. The van der Waals surface area contributed by atoms with Gasteiger partial charge in [-0.1, -0.05) is 12.1 Å². The summed E-state index contributed by atoms with van der Waals surface area (Å²) in [6, 6.07) is 7.26. The molecule has 1 fully saturated rings. The van der Waals surface area contributed by atoms with E-state index in [-0.39, 0.29) is 5.82 Å². The average Bonchev–Trinajstić information content (AvgIpc) is 2.48. The Morgan fingerprint density at radius 2 is 1.86 bits per heavy atom. The van der Waals surface area contributed by atoms with E-state index < -0.39 is 0 Å². The molecule has 1 unspecified atom stereocenters. The summed E-state index contributed by atoms with van der Waals surface area (Å²) < 4.78 is 13.1. The lowest BCUT2D eigenvalue weighted by molar-refractivity contribution is 0.151. The molecular weight excluding hydrogens is 267 g/mol.